The zero-order valence-corrected chi connectivity index (χ0v) is 12.8. The van der Waals surface area contributed by atoms with Crippen molar-refractivity contribution in [1.82, 2.24) is 0 Å². The Morgan fingerprint density at radius 1 is 1.05 bits per heavy atom. The summed E-state index contributed by atoms with van der Waals surface area (Å²) < 4.78 is 16.0. The number of rotatable bonds is 7. The average Bonchev–Trinajstić information content (AvgIpc) is 2.40. The number of nitrogens with one attached hydrogen (secondary N) is 1. The van der Waals surface area contributed by atoms with Crippen LogP contribution >= 0.6 is 0 Å². The molecule has 0 aliphatic heterocycles. The maximum atomic E-state index is 5.40. The summed E-state index contributed by atoms with van der Waals surface area (Å²) >= 11 is 0. The highest BCUT2D eigenvalue weighted by molar-refractivity contribution is 5.60. The Bertz CT molecular complexity index is 416. The molecule has 0 amide bonds. The van der Waals surface area contributed by atoms with Gasteiger partial charge in [0.2, 0.25) is 0 Å². The molecule has 108 valence electrons. The lowest BCUT2D eigenvalue weighted by Gasteiger charge is -2.23. The van der Waals surface area contributed by atoms with Gasteiger partial charge in [-0.05, 0) is 38.8 Å². The largest absolute Gasteiger partial charge is 0.493 e. The molecule has 0 saturated heterocycles. The summed E-state index contributed by atoms with van der Waals surface area (Å²) in [5, 5.41) is 3.41. The molecule has 0 unspecified atom stereocenters. The molecule has 1 aromatic rings. The monoisotopic (exact) mass is 267 g/mol. The highest BCUT2D eigenvalue weighted by Crippen LogP contribution is 2.32. The van der Waals surface area contributed by atoms with E-state index in [1.165, 1.54) is 0 Å². The Labute approximate surface area is 116 Å². The van der Waals surface area contributed by atoms with Crippen LogP contribution in [-0.2, 0) is 4.74 Å². The van der Waals surface area contributed by atoms with E-state index in [4.69, 9.17) is 14.2 Å². The fourth-order valence-electron chi connectivity index (χ4n) is 1.77. The van der Waals surface area contributed by atoms with Crippen LogP contribution in [0.1, 0.15) is 25.8 Å². The zero-order chi connectivity index (χ0) is 14.5. The molecule has 4 heteroatoms. The minimum atomic E-state index is -0.114. The van der Waals surface area contributed by atoms with Gasteiger partial charge < -0.3 is 19.5 Å². The summed E-state index contributed by atoms with van der Waals surface area (Å²) in [7, 11) is 5.03. The van der Waals surface area contributed by atoms with Crippen molar-refractivity contribution in [3.05, 3.63) is 17.7 Å². The van der Waals surface area contributed by atoms with E-state index in [1.807, 2.05) is 19.1 Å². The quantitative estimate of drug-likeness (QED) is 0.823. The van der Waals surface area contributed by atoms with Gasteiger partial charge in [-0.1, -0.05) is 0 Å². The van der Waals surface area contributed by atoms with Crippen LogP contribution < -0.4 is 14.8 Å². The SMILES string of the molecule is COc1cc(C)c(NCCC(C)(C)OC)cc1OC. The van der Waals surface area contributed by atoms with Crippen molar-refractivity contribution in [3.8, 4) is 11.5 Å². The number of benzene rings is 1. The molecule has 0 aromatic heterocycles. The predicted octanol–water partition coefficient (Wildman–Crippen LogP) is 3.24. The normalized spacial score (nSPS) is 11.3. The van der Waals surface area contributed by atoms with Crippen LogP contribution in [0.5, 0.6) is 11.5 Å². The van der Waals surface area contributed by atoms with Crippen molar-refractivity contribution in [1.29, 1.82) is 0 Å². The molecular weight excluding hydrogens is 242 g/mol. The summed E-state index contributed by atoms with van der Waals surface area (Å²) in [6.45, 7) is 7.05. The minimum absolute atomic E-state index is 0.114. The Kier molecular flexibility index (Phi) is 5.48. The van der Waals surface area contributed by atoms with Gasteiger partial charge in [-0.25, -0.2) is 0 Å². The lowest BCUT2D eigenvalue weighted by Crippen LogP contribution is -2.25. The van der Waals surface area contributed by atoms with E-state index in [1.54, 1.807) is 21.3 Å². The van der Waals surface area contributed by atoms with E-state index in [9.17, 15) is 0 Å². The molecule has 1 aromatic carbocycles. The third kappa shape index (κ3) is 4.31. The van der Waals surface area contributed by atoms with Crippen molar-refractivity contribution in [2.24, 2.45) is 0 Å². The molecule has 0 fully saturated rings. The molecular formula is C15H25NO3. The van der Waals surface area contributed by atoms with Gasteiger partial charge >= 0.3 is 0 Å². The fraction of sp³-hybridized carbons (Fsp3) is 0.600. The third-order valence-corrected chi connectivity index (χ3v) is 3.33. The van der Waals surface area contributed by atoms with Gasteiger partial charge in [0.25, 0.3) is 0 Å². The van der Waals surface area contributed by atoms with Crippen molar-refractivity contribution in [3.63, 3.8) is 0 Å². The summed E-state index contributed by atoms with van der Waals surface area (Å²) in [6, 6.07) is 3.94. The van der Waals surface area contributed by atoms with Crippen LogP contribution in [0.25, 0.3) is 0 Å². The second-order valence-electron chi connectivity index (χ2n) is 5.16. The van der Waals surface area contributed by atoms with Gasteiger partial charge in [0, 0.05) is 25.4 Å². The fourth-order valence-corrected chi connectivity index (χ4v) is 1.77. The molecule has 0 heterocycles. The summed E-state index contributed by atoms with van der Waals surface area (Å²) in [5.41, 5.74) is 2.08. The molecule has 1 rings (SSSR count). The van der Waals surface area contributed by atoms with Crippen molar-refractivity contribution < 1.29 is 14.2 Å². The van der Waals surface area contributed by atoms with Crippen molar-refractivity contribution in [2.75, 3.05) is 33.2 Å². The first-order valence-corrected chi connectivity index (χ1v) is 6.45. The number of anilines is 1. The molecule has 1 N–H and O–H groups in total. The van der Waals surface area contributed by atoms with Crippen LogP contribution in [0.15, 0.2) is 12.1 Å². The van der Waals surface area contributed by atoms with Crippen LogP contribution in [0, 0.1) is 6.92 Å². The summed E-state index contributed by atoms with van der Waals surface area (Å²) in [6.07, 6.45) is 0.928. The Morgan fingerprint density at radius 2 is 1.63 bits per heavy atom. The Balaban J connectivity index is 2.73. The lowest BCUT2D eigenvalue weighted by molar-refractivity contribution is 0.0185. The molecule has 4 nitrogen and oxygen atoms in total. The minimum Gasteiger partial charge on any atom is -0.493 e. The van der Waals surface area contributed by atoms with Gasteiger partial charge in [0.1, 0.15) is 0 Å². The Hall–Kier alpha value is -1.42. The molecule has 0 bridgehead atoms. The zero-order valence-electron chi connectivity index (χ0n) is 12.8. The van der Waals surface area contributed by atoms with Gasteiger partial charge in [0.05, 0.1) is 19.8 Å². The predicted molar refractivity (Wildman–Crippen MR) is 78.5 cm³/mol. The standard InChI is InChI=1S/C15H25NO3/c1-11-9-13(17-4)14(18-5)10-12(11)16-8-7-15(2,3)19-6/h9-10,16H,7-8H2,1-6H3. The maximum Gasteiger partial charge on any atom is 0.162 e. The highest BCUT2D eigenvalue weighted by Gasteiger charge is 2.16. The van der Waals surface area contributed by atoms with E-state index in [2.05, 4.69) is 19.2 Å². The molecule has 0 atom stereocenters. The number of hydrogen-bond donors (Lipinski definition) is 1. The van der Waals surface area contributed by atoms with Crippen LogP contribution in [0.3, 0.4) is 0 Å². The third-order valence-electron chi connectivity index (χ3n) is 3.33. The topological polar surface area (TPSA) is 39.7 Å². The van der Waals surface area contributed by atoms with E-state index >= 15 is 0 Å². The van der Waals surface area contributed by atoms with E-state index < -0.39 is 0 Å². The van der Waals surface area contributed by atoms with E-state index in [0.29, 0.717) is 0 Å². The molecule has 0 saturated carbocycles. The lowest BCUT2D eigenvalue weighted by atomic mass is 10.1. The number of ether oxygens (including phenoxy) is 3. The maximum absolute atomic E-state index is 5.40. The van der Waals surface area contributed by atoms with Gasteiger partial charge in [-0.3, -0.25) is 0 Å². The molecule has 0 aliphatic rings. The summed E-state index contributed by atoms with van der Waals surface area (Å²) in [4.78, 5) is 0. The molecule has 0 aliphatic carbocycles. The number of hydrogen-bond acceptors (Lipinski definition) is 4. The molecule has 0 radical (unpaired) electrons. The first-order valence-electron chi connectivity index (χ1n) is 6.45. The van der Waals surface area contributed by atoms with Crippen LogP contribution in [0.2, 0.25) is 0 Å². The van der Waals surface area contributed by atoms with Crippen molar-refractivity contribution >= 4 is 5.69 Å². The number of aryl methyl sites for hydroxylation is 1. The van der Waals surface area contributed by atoms with E-state index in [0.717, 1.165) is 35.7 Å². The smallest absolute Gasteiger partial charge is 0.162 e. The Morgan fingerprint density at radius 3 is 2.16 bits per heavy atom. The van der Waals surface area contributed by atoms with E-state index in [-0.39, 0.29) is 5.60 Å². The van der Waals surface area contributed by atoms with Crippen molar-refractivity contribution in [2.45, 2.75) is 32.8 Å². The van der Waals surface area contributed by atoms with Crippen LogP contribution in [-0.4, -0.2) is 33.5 Å². The highest BCUT2D eigenvalue weighted by atomic mass is 16.5. The van der Waals surface area contributed by atoms with Gasteiger partial charge in [-0.15, -0.1) is 0 Å². The first-order chi connectivity index (χ1) is 8.93. The average molecular weight is 267 g/mol. The van der Waals surface area contributed by atoms with Gasteiger partial charge in [0.15, 0.2) is 11.5 Å². The second kappa shape index (κ2) is 6.66. The molecule has 0 spiro atoms. The summed E-state index contributed by atoms with van der Waals surface area (Å²) in [5.74, 6) is 1.49. The van der Waals surface area contributed by atoms with Crippen LogP contribution in [0.4, 0.5) is 5.69 Å². The number of methoxy groups -OCH3 is 3. The van der Waals surface area contributed by atoms with Gasteiger partial charge in [-0.2, -0.15) is 0 Å². The first kappa shape index (κ1) is 15.6. The molecule has 19 heavy (non-hydrogen) atoms. The second-order valence-corrected chi connectivity index (χ2v) is 5.16.